The SMILES string of the molecule is C=C(N=CC)C(=NC)NCCC. The number of hydrogen-bond acceptors (Lipinski definition) is 2. The van der Waals surface area contributed by atoms with Crippen LogP contribution >= 0.6 is 0 Å². The van der Waals surface area contributed by atoms with Crippen molar-refractivity contribution >= 4 is 12.1 Å². The van der Waals surface area contributed by atoms with E-state index in [1.165, 1.54) is 0 Å². The first-order valence-electron chi connectivity index (χ1n) is 4.14. The van der Waals surface area contributed by atoms with Crippen LogP contribution in [0, 0.1) is 0 Å². The fourth-order valence-corrected chi connectivity index (χ4v) is 0.771. The van der Waals surface area contributed by atoms with Crippen LogP contribution in [0.3, 0.4) is 0 Å². The van der Waals surface area contributed by atoms with Crippen molar-refractivity contribution in [2.75, 3.05) is 13.6 Å². The predicted octanol–water partition coefficient (Wildman–Crippen LogP) is 1.62. The van der Waals surface area contributed by atoms with Gasteiger partial charge in [0.1, 0.15) is 5.84 Å². The lowest BCUT2D eigenvalue weighted by atomic mass is 10.4. The normalized spacial score (nSPS) is 12.1. The number of rotatable bonds is 4. The molecule has 0 atom stereocenters. The van der Waals surface area contributed by atoms with Gasteiger partial charge in [0.05, 0.1) is 5.70 Å². The zero-order valence-corrected chi connectivity index (χ0v) is 8.09. The average molecular weight is 167 g/mol. The van der Waals surface area contributed by atoms with Crippen LogP contribution in [-0.2, 0) is 0 Å². The molecule has 0 heterocycles. The van der Waals surface area contributed by atoms with Crippen molar-refractivity contribution in [2.24, 2.45) is 9.98 Å². The minimum absolute atomic E-state index is 0.688. The van der Waals surface area contributed by atoms with Crippen LogP contribution in [0.1, 0.15) is 20.3 Å². The van der Waals surface area contributed by atoms with E-state index in [1.54, 1.807) is 13.3 Å². The second-order valence-electron chi connectivity index (χ2n) is 2.33. The fourth-order valence-electron chi connectivity index (χ4n) is 0.771. The maximum atomic E-state index is 4.04. The maximum absolute atomic E-state index is 4.04. The molecule has 0 aromatic rings. The molecule has 68 valence electrons. The van der Waals surface area contributed by atoms with Gasteiger partial charge >= 0.3 is 0 Å². The zero-order chi connectivity index (χ0) is 9.40. The average Bonchev–Trinajstić information content (AvgIpc) is 2.06. The number of hydrogen-bond donors (Lipinski definition) is 1. The van der Waals surface area contributed by atoms with Gasteiger partial charge in [-0.15, -0.1) is 0 Å². The first-order chi connectivity index (χ1) is 5.76. The van der Waals surface area contributed by atoms with Crippen LogP contribution < -0.4 is 5.32 Å². The van der Waals surface area contributed by atoms with Crippen molar-refractivity contribution in [3.8, 4) is 0 Å². The van der Waals surface area contributed by atoms with E-state index in [2.05, 4.69) is 28.8 Å². The van der Waals surface area contributed by atoms with Crippen molar-refractivity contribution < 1.29 is 0 Å². The molecule has 0 bridgehead atoms. The molecule has 1 N–H and O–H groups in total. The summed E-state index contributed by atoms with van der Waals surface area (Å²) in [5.41, 5.74) is 0.688. The van der Waals surface area contributed by atoms with Gasteiger partial charge in [-0.2, -0.15) is 0 Å². The van der Waals surface area contributed by atoms with Crippen molar-refractivity contribution in [1.82, 2.24) is 5.32 Å². The summed E-state index contributed by atoms with van der Waals surface area (Å²) in [6.45, 7) is 8.65. The van der Waals surface area contributed by atoms with Gasteiger partial charge in [0.25, 0.3) is 0 Å². The molecule has 0 unspecified atom stereocenters. The molecule has 0 aliphatic carbocycles. The molecule has 0 amide bonds. The van der Waals surface area contributed by atoms with E-state index < -0.39 is 0 Å². The molecule has 12 heavy (non-hydrogen) atoms. The van der Waals surface area contributed by atoms with E-state index in [9.17, 15) is 0 Å². The summed E-state index contributed by atoms with van der Waals surface area (Å²) in [5, 5.41) is 3.14. The standard InChI is InChI=1S/C9H17N3/c1-5-7-12-9(10-4)8(3)11-6-2/h6H,3,5,7H2,1-2,4H3,(H,10,12). The van der Waals surface area contributed by atoms with E-state index in [0.29, 0.717) is 5.70 Å². The molecule has 0 aromatic carbocycles. The van der Waals surface area contributed by atoms with E-state index >= 15 is 0 Å². The number of aliphatic imine (C=N–C) groups is 2. The first kappa shape index (κ1) is 10.9. The Balaban J connectivity index is 4.08. The lowest BCUT2D eigenvalue weighted by molar-refractivity contribution is 0.836. The minimum Gasteiger partial charge on any atom is -0.369 e. The van der Waals surface area contributed by atoms with Crippen LogP contribution in [0.4, 0.5) is 0 Å². The van der Waals surface area contributed by atoms with E-state index in [4.69, 9.17) is 0 Å². The maximum Gasteiger partial charge on any atom is 0.146 e. The molecule has 0 aliphatic rings. The summed E-state index contributed by atoms with van der Waals surface area (Å²) in [5.74, 6) is 0.773. The third kappa shape index (κ3) is 3.91. The largest absolute Gasteiger partial charge is 0.369 e. The highest BCUT2D eigenvalue weighted by Gasteiger charge is 1.98. The van der Waals surface area contributed by atoms with Crippen LogP contribution in [0.15, 0.2) is 22.3 Å². The topological polar surface area (TPSA) is 36.8 Å². The molecule has 0 aliphatic heterocycles. The summed E-state index contributed by atoms with van der Waals surface area (Å²) in [7, 11) is 1.73. The Morgan fingerprint density at radius 2 is 2.25 bits per heavy atom. The van der Waals surface area contributed by atoms with Gasteiger partial charge in [0, 0.05) is 19.8 Å². The van der Waals surface area contributed by atoms with Gasteiger partial charge in [-0.1, -0.05) is 13.5 Å². The lowest BCUT2D eigenvalue weighted by Gasteiger charge is -2.06. The number of nitrogens with zero attached hydrogens (tertiary/aromatic N) is 2. The van der Waals surface area contributed by atoms with Crippen molar-refractivity contribution in [2.45, 2.75) is 20.3 Å². The quantitative estimate of drug-likeness (QED) is 0.501. The van der Waals surface area contributed by atoms with Gasteiger partial charge in [0.2, 0.25) is 0 Å². The molecule has 0 saturated heterocycles. The summed E-state index contributed by atoms with van der Waals surface area (Å²) in [4.78, 5) is 8.07. The molecule has 0 saturated carbocycles. The Kier molecular flexibility index (Phi) is 5.97. The summed E-state index contributed by atoms with van der Waals surface area (Å²) < 4.78 is 0. The van der Waals surface area contributed by atoms with Crippen LogP contribution in [0.2, 0.25) is 0 Å². The summed E-state index contributed by atoms with van der Waals surface area (Å²) in [6, 6.07) is 0. The Morgan fingerprint density at radius 3 is 2.67 bits per heavy atom. The van der Waals surface area contributed by atoms with Crippen LogP contribution in [0.5, 0.6) is 0 Å². The Hall–Kier alpha value is -1.12. The molecule has 0 fully saturated rings. The smallest absolute Gasteiger partial charge is 0.146 e. The lowest BCUT2D eigenvalue weighted by Crippen LogP contribution is -2.25. The second-order valence-corrected chi connectivity index (χ2v) is 2.33. The molecule has 3 heteroatoms. The molecule has 3 nitrogen and oxygen atoms in total. The predicted molar refractivity (Wildman–Crippen MR) is 55.0 cm³/mol. The van der Waals surface area contributed by atoms with Gasteiger partial charge in [-0.3, -0.25) is 9.98 Å². The number of nitrogens with one attached hydrogen (secondary N) is 1. The van der Waals surface area contributed by atoms with Gasteiger partial charge in [-0.05, 0) is 13.3 Å². The zero-order valence-electron chi connectivity index (χ0n) is 8.09. The van der Waals surface area contributed by atoms with E-state index in [1.807, 2.05) is 6.92 Å². The van der Waals surface area contributed by atoms with Gasteiger partial charge in [-0.25, -0.2) is 0 Å². The fraction of sp³-hybridized carbons (Fsp3) is 0.556. The molecule has 0 aromatic heterocycles. The molecule has 0 radical (unpaired) electrons. The monoisotopic (exact) mass is 167 g/mol. The van der Waals surface area contributed by atoms with Crippen LogP contribution in [-0.4, -0.2) is 25.6 Å². The summed E-state index contributed by atoms with van der Waals surface area (Å²) >= 11 is 0. The first-order valence-corrected chi connectivity index (χ1v) is 4.14. The number of amidine groups is 1. The Labute approximate surface area is 74.3 Å². The van der Waals surface area contributed by atoms with E-state index in [-0.39, 0.29) is 0 Å². The highest BCUT2D eigenvalue weighted by Crippen LogP contribution is 1.93. The molecular formula is C9H17N3. The molecular weight excluding hydrogens is 150 g/mol. The third-order valence-corrected chi connectivity index (χ3v) is 1.32. The van der Waals surface area contributed by atoms with Crippen molar-refractivity contribution in [3.05, 3.63) is 12.3 Å². The Morgan fingerprint density at radius 1 is 1.58 bits per heavy atom. The Bertz CT molecular complexity index is 192. The van der Waals surface area contributed by atoms with Gasteiger partial charge in [0.15, 0.2) is 0 Å². The van der Waals surface area contributed by atoms with E-state index in [0.717, 1.165) is 18.8 Å². The minimum atomic E-state index is 0.688. The third-order valence-electron chi connectivity index (χ3n) is 1.32. The van der Waals surface area contributed by atoms with Crippen molar-refractivity contribution in [1.29, 1.82) is 0 Å². The summed E-state index contributed by atoms with van der Waals surface area (Å²) in [6.07, 6.45) is 2.78. The highest BCUT2D eigenvalue weighted by molar-refractivity contribution is 5.98. The van der Waals surface area contributed by atoms with Crippen molar-refractivity contribution in [3.63, 3.8) is 0 Å². The molecule has 0 rings (SSSR count). The molecule has 0 spiro atoms. The van der Waals surface area contributed by atoms with Gasteiger partial charge < -0.3 is 5.32 Å². The highest BCUT2D eigenvalue weighted by atomic mass is 15.0. The van der Waals surface area contributed by atoms with Crippen LogP contribution in [0.25, 0.3) is 0 Å². The second kappa shape index (κ2) is 6.58.